The first-order valence-corrected chi connectivity index (χ1v) is 13.1. The number of hydrogen-bond donors (Lipinski definition) is 7. The second-order valence-corrected chi connectivity index (χ2v) is 10.1. The molecule has 40 heavy (non-hydrogen) atoms. The Morgan fingerprint density at radius 3 is 1.77 bits per heavy atom. The van der Waals surface area contributed by atoms with Crippen molar-refractivity contribution in [2.75, 3.05) is 6.54 Å². The normalized spacial score (nSPS) is 13.6. The van der Waals surface area contributed by atoms with Gasteiger partial charge >= 0.3 is 5.97 Å². The van der Waals surface area contributed by atoms with Crippen LogP contribution in [0.5, 0.6) is 0 Å². The first-order valence-electron chi connectivity index (χ1n) is 13.1. The van der Waals surface area contributed by atoms with Gasteiger partial charge in [0.25, 0.3) is 0 Å². The topological polar surface area (TPSA) is 182 Å². The Kier molecular flexibility index (Phi) is 8.85. The number of carboxylic acids is 1. The summed E-state index contributed by atoms with van der Waals surface area (Å²) < 4.78 is 0. The second kappa shape index (κ2) is 12.5. The summed E-state index contributed by atoms with van der Waals surface area (Å²) in [5.74, 6) is -3.22. The van der Waals surface area contributed by atoms with E-state index >= 15 is 0 Å². The third-order valence-electron chi connectivity index (χ3n) is 6.90. The Morgan fingerprint density at radius 2 is 1.27 bits per heavy atom. The molecular weight excluding hydrogens is 512 g/mol. The zero-order chi connectivity index (χ0) is 28.8. The lowest BCUT2D eigenvalue weighted by Gasteiger charge is -2.26. The number of amides is 3. The summed E-state index contributed by atoms with van der Waals surface area (Å²) in [5.41, 5.74) is 8.65. The fraction of sp³-hybridized carbons (Fsp3) is 0.310. The average molecular weight is 547 g/mol. The van der Waals surface area contributed by atoms with Gasteiger partial charge < -0.3 is 36.8 Å². The lowest BCUT2D eigenvalue weighted by atomic mass is 10.00. The van der Waals surface area contributed by atoms with Crippen LogP contribution in [0.4, 0.5) is 0 Å². The van der Waals surface area contributed by atoms with Crippen LogP contribution in [0, 0.1) is 5.92 Å². The quantitative estimate of drug-likeness (QED) is 0.142. The van der Waals surface area contributed by atoms with Gasteiger partial charge in [-0.3, -0.25) is 14.4 Å². The molecular formula is C29H34N6O5. The maximum atomic E-state index is 13.6. The van der Waals surface area contributed by atoms with E-state index in [-0.39, 0.29) is 25.3 Å². The lowest BCUT2D eigenvalue weighted by Crippen LogP contribution is -2.58. The molecule has 0 aliphatic heterocycles. The highest BCUT2D eigenvalue weighted by Crippen LogP contribution is 2.21. The molecule has 11 nitrogen and oxygen atoms in total. The predicted molar refractivity (Wildman–Crippen MR) is 151 cm³/mol. The molecule has 3 unspecified atom stereocenters. The fourth-order valence-corrected chi connectivity index (χ4v) is 4.75. The first-order chi connectivity index (χ1) is 19.2. The van der Waals surface area contributed by atoms with Crippen LogP contribution in [0.25, 0.3) is 21.8 Å². The van der Waals surface area contributed by atoms with Gasteiger partial charge in [-0.1, -0.05) is 50.2 Å². The predicted octanol–water partition coefficient (Wildman–Crippen LogP) is 1.59. The molecule has 2 aromatic carbocycles. The van der Waals surface area contributed by atoms with E-state index in [0.29, 0.717) is 0 Å². The van der Waals surface area contributed by atoms with Gasteiger partial charge in [-0.15, -0.1) is 0 Å². The minimum atomic E-state index is -1.24. The number of benzene rings is 2. The van der Waals surface area contributed by atoms with Crippen LogP contribution in [0.3, 0.4) is 0 Å². The summed E-state index contributed by atoms with van der Waals surface area (Å²) in [6, 6.07) is 11.7. The molecule has 4 rings (SSSR count). The molecule has 3 atom stereocenters. The molecule has 0 spiro atoms. The Hall–Kier alpha value is -4.64. The molecule has 11 heteroatoms. The summed E-state index contributed by atoms with van der Waals surface area (Å²) in [6.07, 6.45) is 3.62. The largest absolute Gasteiger partial charge is 0.480 e. The highest BCUT2D eigenvalue weighted by Gasteiger charge is 2.31. The lowest BCUT2D eigenvalue weighted by molar-refractivity contribution is -0.142. The van der Waals surface area contributed by atoms with Crippen molar-refractivity contribution in [3.63, 3.8) is 0 Å². The summed E-state index contributed by atoms with van der Waals surface area (Å²) >= 11 is 0. The van der Waals surface area contributed by atoms with E-state index in [1.54, 1.807) is 26.2 Å². The molecule has 8 N–H and O–H groups in total. The van der Waals surface area contributed by atoms with Crippen molar-refractivity contribution in [1.29, 1.82) is 0 Å². The highest BCUT2D eigenvalue weighted by molar-refractivity contribution is 5.95. The molecule has 210 valence electrons. The number of nitrogens with two attached hydrogens (primary N) is 1. The number of hydrogen-bond acceptors (Lipinski definition) is 5. The number of carbonyl (C=O) groups excluding carboxylic acids is 3. The first kappa shape index (κ1) is 28.4. The van der Waals surface area contributed by atoms with Crippen LogP contribution in [-0.4, -0.2) is 63.4 Å². The molecule has 2 aromatic heterocycles. The van der Waals surface area contributed by atoms with E-state index in [2.05, 4.69) is 25.9 Å². The molecule has 4 aromatic rings. The van der Waals surface area contributed by atoms with Crippen LogP contribution in [0.1, 0.15) is 25.0 Å². The minimum Gasteiger partial charge on any atom is -0.480 e. The zero-order valence-corrected chi connectivity index (χ0v) is 22.4. The SMILES string of the molecule is CC(C)C(NC(=O)CN)C(=O)NC(Cc1c[nH]c2ccccc12)C(=O)NC(Cc1c[nH]c2ccccc12)C(=O)O. The van der Waals surface area contributed by atoms with Gasteiger partial charge in [-0.25, -0.2) is 4.79 Å². The van der Waals surface area contributed by atoms with Crippen LogP contribution in [0.15, 0.2) is 60.9 Å². The third kappa shape index (κ3) is 6.49. The Labute approximate surface area is 230 Å². The number of aliphatic carboxylic acids is 1. The van der Waals surface area contributed by atoms with Crippen molar-refractivity contribution in [2.24, 2.45) is 11.7 Å². The van der Waals surface area contributed by atoms with Gasteiger partial charge in [0.1, 0.15) is 18.1 Å². The van der Waals surface area contributed by atoms with Crippen LogP contribution >= 0.6 is 0 Å². The maximum Gasteiger partial charge on any atom is 0.326 e. The number of H-pyrrole nitrogens is 2. The number of fused-ring (bicyclic) bond motifs is 2. The van der Waals surface area contributed by atoms with E-state index in [0.717, 1.165) is 32.9 Å². The molecule has 0 bridgehead atoms. The van der Waals surface area contributed by atoms with Gasteiger partial charge in [0, 0.05) is 47.0 Å². The summed E-state index contributed by atoms with van der Waals surface area (Å²) in [4.78, 5) is 57.3. The van der Waals surface area contributed by atoms with Gasteiger partial charge in [-0.2, -0.15) is 0 Å². The molecule has 0 fully saturated rings. The van der Waals surface area contributed by atoms with E-state index in [9.17, 15) is 24.3 Å². The van der Waals surface area contributed by atoms with E-state index < -0.39 is 41.8 Å². The fourth-order valence-electron chi connectivity index (χ4n) is 4.75. The number of aromatic nitrogens is 2. The molecule has 0 aliphatic rings. The van der Waals surface area contributed by atoms with Gasteiger partial charge in [0.05, 0.1) is 6.54 Å². The van der Waals surface area contributed by atoms with Gasteiger partial charge in [-0.05, 0) is 29.2 Å². The number of nitrogens with one attached hydrogen (secondary N) is 5. The van der Waals surface area contributed by atoms with Gasteiger partial charge in [0.2, 0.25) is 17.7 Å². The summed E-state index contributed by atoms with van der Waals surface area (Å²) in [5, 5.41) is 19.7. The molecule has 0 saturated carbocycles. The highest BCUT2D eigenvalue weighted by atomic mass is 16.4. The average Bonchev–Trinajstić information content (AvgIpc) is 3.54. The number of para-hydroxylation sites is 2. The van der Waals surface area contributed by atoms with Crippen molar-refractivity contribution in [2.45, 2.75) is 44.8 Å². The molecule has 0 saturated heterocycles. The molecule has 3 amide bonds. The summed E-state index contributed by atoms with van der Waals surface area (Å²) in [6.45, 7) is 3.23. The zero-order valence-electron chi connectivity index (χ0n) is 22.4. The van der Waals surface area contributed by atoms with E-state index in [1.165, 1.54) is 0 Å². The standard InChI is InChI=1S/C29H34N6O5/c1-16(2)26(35-25(36)13-30)28(38)33-23(11-17-14-31-21-9-5-3-7-19(17)21)27(37)34-24(29(39)40)12-18-15-32-22-10-6-4-8-20(18)22/h3-10,14-16,23-24,26,31-32H,11-13,30H2,1-2H3,(H,33,38)(H,34,37)(H,35,36)(H,39,40). The monoisotopic (exact) mass is 546 g/mol. The maximum absolute atomic E-state index is 13.6. The summed E-state index contributed by atoms with van der Waals surface area (Å²) in [7, 11) is 0. The van der Waals surface area contributed by atoms with Crippen molar-refractivity contribution in [3.05, 3.63) is 72.1 Å². The minimum absolute atomic E-state index is 0.0417. The molecule has 0 radical (unpaired) electrons. The second-order valence-electron chi connectivity index (χ2n) is 10.1. The molecule has 0 aliphatic carbocycles. The number of rotatable bonds is 12. The Morgan fingerprint density at radius 1 is 0.775 bits per heavy atom. The third-order valence-corrected chi connectivity index (χ3v) is 6.90. The number of carboxylic acid groups (broad SMARTS) is 1. The smallest absolute Gasteiger partial charge is 0.326 e. The van der Waals surface area contributed by atoms with Crippen LogP contribution in [0.2, 0.25) is 0 Å². The molecule has 2 heterocycles. The Bertz CT molecular complexity index is 1520. The van der Waals surface area contributed by atoms with Crippen molar-refractivity contribution >= 4 is 45.5 Å². The van der Waals surface area contributed by atoms with E-state index in [4.69, 9.17) is 5.73 Å². The van der Waals surface area contributed by atoms with Crippen molar-refractivity contribution in [1.82, 2.24) is 25.9 Å². The van der Waals surface area contributed by atoms with Crippen LogP contribution < -0.4 is 21.7 Å². The van der Waals surface area contributed by atoms with Gasteiger partial charge in [0.15, 0.2) is 0 Å². The van der Waals surface area contributed by atoms with Crippen LogP contribution in [-0.2, 0) is 32.0 Å². The number of aromatic amines is 2. The number of carbonyl (C=O) groups is 4. The van der Waals surface area contributed by atoms with E-state index in [1.807, 2.05) is 48.5 Å². The van der Waals surface area contributed by atoms with Crippen molar-refractivity contribution in [3.8, 4) is 0 Å². The van der Waals surface area contributed by atoms with Crippen molar-refractivity contribution < 1.29 is 24.3 Å². The Balaban J connectivity index is 1.59.